The smallest absolute Gasteiger partial charge is 0.377 e. The van der Waals surface area contributed by atoms with Gasteiger partial charge in [-0.05, 0) is 26.8 Å². The van der Waals surface area contributed by atoms with Crippen LogP contribution in [0.4, 0.5) is 0 Å². The van der Waals surface area contributed by atoms with Crippen molar-refractivity contribution in [3.05, 3.63) is 0 Å². The summed E-state index contributed by atoms with van der Waals surface area (Å²) in [5.74, 6) is 0. The third-order valence-corrected chi connectivity index (χ3v) is 6.83. The lowest BCUT2D eigenvalue weighted by atomic mass is 10.1. The normalized spacial score (nSPS) is 13.8. The van der Waals surface area contributed by atoms with Crippen molar-refractivity contribution in [1.29, 1.82) is 0 Å². The van der Waals surface area contributed by atoms with E-state index in [1.807, 2.05) is 0 Å². The van der Waals surface area contributed by atoms with E-state index in [0.29, 0.717) is 12.6 Å². The highest BCUT2D eigenvalue weighted by Gasteiger charge is 2.37. The van der Waals surface area contributed by atoms with Crippen LogP contribution in [0.25, 0.3) is 0 Å². The molecule has 0 fully saturated rings. The molecule has 0 aromatic heterocycles. The molecule has 3 N–H and O–H groups in total. The zero-order valence-corrected chi connectivity index (χ0v) is 14.2. The van der Waals surface area contributed by atoms with Crippen LogP contribution in [0.2, 0.25) is 6.04 Å². The first-order valence-corrected chi connectivity index (χ1v) is 9.78. The van der Waals surface area contributed by atoms with Crippen molar-refractivity contribution in [3.63, 3.8) is 0 Å². The van der Waals surface area contributed by atoms with Gasteiger partial charge in [-0.1, -0.05) is 0 Å². The van der Waals surface area contributed by atoms with Crippen LogP contribution in [-0.4, -0.2) is 58.2 Å². The summed E-state index contributed by atoms with van der Waals surface area (Å²) < 4.78 is 26.9. The van der Waals surface area contributed by atoms with Gasteiger partial charge in [0.1, 0.15) is 0 Å². The minimum absolute atomic E-state index is 0.193. The monoisotopic (exact) mass is 315 g/mol. The van der Waals surface area contributed by atoms with Gasteiger partial charge in [0, 0.05) is 32.9 Å². The van der Waals surface area contributed by atoms with Crippen LogP contribution in [-0.2, 0) is 17.8 Å². The maximum atomic E-state index is 11.0. The lowest BCUT2D eigenvalue weighted by Gasteiger charge is -2.28. The summed E-state index contributed by atoms with van der Waals surface area (Å²) in [7, 11) is -1.89. The Morgan fingerprint density at radius 3 is 2.00 bits per heavy atom. The quantitative estimate of drug-likeness (QED) is 0.312. The largest absolute Gasteiger partial charge is 0.500 e. The molecule has 0 heterocycles. The molecule has 19 heavy (non-hydrogen) atoms. The van der Waals surface area contributed by atoms with Crippen molar-refractivity contribution in [3.8, 4) is 0 Å². The number of nitrogens with one attached hydrogen (secondary N) is 1. The van der Waals surface area contributed by atoms with Crippen LogP contribution >= 0.6 is 7.60 Å². The SMILES string of the molecule is CO[Si](CCCNC(C)(C)CP(=O)(O)O)(OC)OC. The van der Waals surface area contributed by atoms with E-state index in [4.69, 9.17) is 23.1 Å². The van der Waals surface area contributed by atoms with Crippen LogP contribution < -0.4 is 5.32 Å². The molecule has 0 radical (unpaired) electrons. The van der Waals surface area contributed by atoms with Crippen LogP contribution in [0, 0.1) is 0 Å². The Balaban J connectivity index is 4.13. The Morgan fingerprint density at radius 1 is 1.16 bits per heavy atom. The molecular formula is C10H26NO6PSi. The van der Waals surface area contributed by atoms with Crippen LogP contribution in [0.15, 0.2) is 0 Å². The molecule has 116 valence electrons. The molecule has 0 aromatic carbocycles. The Hall–Kier alpha value is 0.207. The van der Waals surface area contributed by atoms with Crippen LogP contribution in [0.1, 0.15) is 20.3 Å². The fourth-order valence-corrected chi connectivity index (χ4v) is 4.72. The van der Waals surface area contributed by atoms with Crippen molar-refractivity contribution in [1.82, 2.24) is 5.32 Å². The van der Waals surface area contributed by atoms with E-state index in [9.17, 15) is 4.57 Å². The lowest BCUT2D eigenvalue weighted by molar-refractivity contribution is 0.122. The number of rotatable bonds is 10. The maximum absolute atomic E-state index is 11.0. The summed E-state index contributed by atoms with van der Waals surface area (Å²) in [5.41, 5.74) is -0.615. The fourth-order valence-electron chi connectivity index (χ4n) is 1.86. The molecule has 0 bridgehead atoms. The third kappa shape index (κ3) is 8.16. The minimum atomic E-state index is -4.01. The first kappa shape index (κ1) is 19.2. The molecule has 0 spiro atoms. The molecule has 0 aliphatic carbocycles. The molecule has 0 saturated heterocycles. The molecule has 0 aromatic rings. The van der Waals surface area contributed by atoms with Gasteiger partial charge >= 0.3 is 16.4 Å². The van der Waals surface area contributed by atoms with Crippen molar-refractivity contribution < 1.29 is 27.6 Å². The first-order valence-electron chi connectivity index (χ1n) is 6.05. The minimum Gasteiger partial charge on any atom is -0.377 e. The van der Waals surface area contributed by atoms with Gasteiger partial charge in [0.05, 0.1) is 6.16 Å². The van der Waals surface area contributed by atoms with Crippen LogP contribution in [0.5, 0.6) is 0 Å². The number of hydrogen-bond acceptors (Lipinski definition) is 5. The van der Waals surface area contributed by atoms with Gasteiger partial charge in [0.15, 0.2) is 0 Å². The number of hydrogen-bond donors (Lipinski definition) is 3. The average molecular weight is 315 g/mol. The average Bonchev–Trinajstić information content (AvgIpc) is 2.27. The molecule has 0 unspecified atom stereocenters. The summed E-state index contributed by atoms with van der Waals surface area (Å²) in [6.07, 6.45) is 0.549. The molecule has 7 nitrogen and oxygen atoms in total. The summed E-state index contributed by atoms with van der Waals surface area (Å²) in [4.78, 5) is 17.9. The predicted octanol–water partition coefficient (Wildman–Crippen LogP) is 0.800. The van der Waals surface area contributed by atoms with Gasteiger partial charge in [-0.2, -0.15) is 0 Å². The van der Waals surface area contributed by atoms with Gasteiger partial charge in [-0.15, -0.1) is 0 Å². The van der Waals surface area contributed by atoms with E-state index in [1.54, 1.807) is 35.2 Å². The molecule has 9 heteroatoms. The fraction of sp³-hybridized carbons (Fsp3) is 1.00. The van der Waals surface area contributed by atoms with Crippen molar-refractivity contribution in [2.45, 2.75) is 31.9 Å². The van der Waals surface area contributed by atoms with E-state index in [0.717, 1.165) is 6.42 Å². The molecule has 0 atom stereocenters. The molecule has 0 rings (SSSR count). The Morgan fingerprint density at radius 2 is 1.63 bits per heavy atom. The summed E-state index contributed by atoms with van der Waals surface area (Å²) in [6, 6.07) is 0.648. The van der Waals surface area contributed by atoms with Crippen molar-refractivity contribution in [2.75, 3.05) is 34.0 Å². The molecule has 0 amide bonds. The highest BCUT2D eigenvalue weighted by atomic mass is 31.2. The van der Waals surface area contributed by atoms with Crippen molar-refractivity contribution in [2.24, 2.45) is 0 Å². The van der Waals surface area contributed by atoms with E-state index >= 15 is 0 Å². The van der Waals surface area contributed by atoms with Gasteiger partial charge in [0.2, 0.25) is 0 Å². The molecular weight excluding hydrogens is 289 g/mol. The standard InChI is InChI=1S/C10H26NO6PSi/c1-10(2,9-18(12,13)14)11-7-6-8-19(15-3,16-4)17-5/h11H,6-9H2,1-5H3,(H2,12,13,14). The second kappa shape index (κ2) is 7.85. The zero-order chi connectivity index (χ0) is 15.2. The van der Waals surface area contributed by atoms with Gasteiger partial charge in [0.25, 0.3) is 0 Å². The third-order valence-electron chi connectivity index (χ3n) is 2.80. The van der Waals surface area contributed by atoms with Gasteiger partial charge in [-0.25, -0.2) is 0 Å². The summed E-state index contributed by atoms with van der Waals surface area (Å²) >= 11 is 0. The second-order valence-corrected chi connectivity index (χ2v) is 9.77. The van der Waals surface area contributed by atoms with E-state index < -0.39 is 21.9 Å². The molecule has 0 aliphatic rings. The predicted molar refractivity (Wildman–Crippen MR) is 75.2 cm³/mol. The maximum Gasteiger partial charge on any atom is 0.500 e. The second-order valence-electron chi connectivity index (χ2n) is 5.03. The first-order chi connectivity index (χ1) is 8.60. The van der Waals surface area contributed by atoms with E-state index in [-0.39, 0.29) is 6.16 Å². The summed E-state index contributed by atoms with van der Waals surface area (Å²) in [5, 5.41) is 3.12. The Labute approximate surface area is 116 Å². The zero-order valence-electron chi connectivity index (χ0n) is 12.3. The Bertz CT molecular complexity index is 296. The molecule has 0 saturated carbocycles. The van der Waals surface area contributed by atoms with Gasteiger partial charge in [-0.3, -0.25) is 4.57 Å². The molecule has 0 aliphatic heterocycles. The summed E-state index contributed by atoms with van der Waals surface area (Å²) in [6.45, 7) is 4.14. The highest BCUT2D eigenvalue weighted by Crippen LogP contribution is 2.38. The Kier molecular flexibility index (Phi) is 7.93. The van der Waals surface area contributed by atoms with E-state index in [2.05, 4.69) is 5.32 Å². The van der Waals surface area contributed by atoms with Gasteiger partial charge < -0.3 is 28.4 Å². The topological polar surface area (TPSA) is 97.3 Å². The lowest BCUT2D eigenvalue weighted by Crippen LogP contribution is -2.45. The highest BCUT2D eigenvalue weighted by molar-refractivity contribution is 7.51. The van der Waals surface area contributed by atoms with Crippen molar-refractivity contribution >= 4 is 16.4 Å². The van der Waals surface area contributed by atoms with E-state index in [1.165, 1.54) is 0 Å². The van der Waals surface area contributed by atoms with Crippen LogP contribution in [0.3, 0.4) is 0 Å².